The molecule has 25 heavy (non-hydrogen) atoms. The first-order chi connectivity index (χ1) is 11.9. The van der Waals surface area contributed by atoms with E-state index in [1.165, 1.54) is 22.9 Å². The van der Waals surface area contributed by atoms with E-state index in [2.05, 4.69) is 15.4 Å². The quantitative estimate of drug-likeness (QED) is 0.793. The van der Waals surface area contributed by atoms with Crippen molar-refractivity contribution in [2.45, 2.75) is 20.4 Å². The number of aryl methyl sites for hydroxylation is 2. The van der Waals surface area contributed by atoms with Gasteiger partial charge in [0.15, 0.2) is 0 Å². The monoisotopic (exact) mass is 342 g/mol. The fourth-order valence-corrected chi connectivity index (χ4v) is 2.32. The van der Waals surface area contributed by atoms with Gasteiger partial charge in [0, 0.05) is 6.54 Å². The molecule has 128 valence electrons. The molecule has 0 bridgehead atoms. The van der Waals surface area contributed by atoms with Crippen molar-refractivity contribution in [3.8, 4) is 5.69 Å². The maximum Gasteiger partial charge on any atom is 0.291 e. The number of nitrogens with one attached hydrogen (secondary N) is 1. The van der Waals surface area contributed by atoms with Gasteiger partial charge >= 0.3 is 0 Å². The molecular weight excluding hydrogens is 326 g/mol. The molecule has 1 amide bonds. The Morgan fingerprint density at radius 2 is 1.84 bits per heavy atom. The van der Waals surface area contributed by atoms with Crippen LogP contribution in [-0.2, 0) is 6.54 Å². The van der Waals surface area contributed by atoms with Crippen LogP contribution in [0.5, 0.6) is 0 Å². The molecule has 3 rings (SSSR count). The molecule has 0 fully saturated rings. The number of halogens is 2. The Bertz CT molecular complexity index is 919. The van der Waals surface area contributed by atoms with Crippen molar-refractivity contribution in [3.05, 3.63) is 76.9 Å². The number of benzene rings is 2. The molecule has 0 atom stereocenters. The standard InChI is InChI=1S/C18H16F2N4O/c1-11-3-4-13(9-16(11)20)10-21-18(25)17-22-12(2)24(23-17)15-7-5-14(19)6-8-15/h3-9H,10H2,1-2H3,(H,21,25). The Morgan fingerprint density at radius 1 is 1.12 bits per heavy atom. The molecule has 3 aromatic rings. The minimum atomic E-state index is -0.468. The second kappa shape index (κ2) is 6.80. The smallest absolute Gasteiger partial charge is 0.291 e. The summed E-state index contributed by atoms with van der Waals surface area (Å²) in [4.78, 5) is 16.3. The number of amides is 1. The molecular formula is C18H16F2N4O. The van der Waals surface area contributed by atoms with Gasteiger partial charge in [-0.1, -0.05) is 12.1 Å². The summed E-state index contributed by atoms with van der Waals surface area (Å²) < 4.78 is 28.0. The Morgan fingerprint density at radius 3 is 2.52 bits per heavy atom. The van der Waals surface area contributed by atoms with Gasteiger partial charge < -0.3 is 5.32 Å². The first-order valence-electron chi connectivity index (χ1n) is 7.67. The largest absolute Gasteiger partial charge is 0.345 e. The fraction of sp³-hybridized carbons (Fsp3) is 0.167. The highest BCUT2D eigenvalue weighted by Gasteiger charge is 2.15. The summed E-state index contributed by atoms with van der Waals surface area (Å²) in [6, 6.07) is 10.5. The number of nitrogens with zero attached hydrogens (tertiary/aromatic N) is 3. The van der Waals surface area contributed by atoms with Crippen LogP contribution in [0.3, 0.4) is 0 Å². The van der Waals surface area contributed by atoms with Crippen LogP contribution in [0.4, 0.5) is 8.78 Å². The zero-order valence-corrected chi connectivity index (χ0v) is 13.8. The summed E-state index contributed by atoms with van der Waals surface area (Å²) >= 11 is 0. The topological polar surface area (TPSA) is 59.8 Å². The van der Waals surface area contributed by atoms with E-state index < -0.39 is 5.91 Å². The Hall–Kier alpha value is -3.09. The maximum absolute atomic E-state index is 13.5. The zero-order valence-electron chi connectivity index (χ0n) is 13.8. The lowest BCUT2D eigenvalue weighted by Gasteiger charge is -2.04. The molecule has 2 aromatic carbocycles. The highest BCUT2D eigenvalue weighted by molar-refractivity contribution is 5.90. The lowest BCUT2D eigenvalue weighted by Crippen LogP contribution is -2.24. The van der Waals surface area contributed by atoms with E-state index in [4.69, 9.17) is 0 Å². The molecule has 0 saturated carbocycles. The van der Waals surface area contributed by atoms with Gasteiger partial charge in [-0.2, -0.15) is 0 Å². The van der Waals surface area contributed by atoms with Crippen LogP contribution < -0.4 is 5.32 Å². The summed E-state index contributed by atoms with van der Waals surface area (Å²) in [6.45, 7) is 3.54. The third kappa shape index (κ3) is 3.71. The Balaban J connectivity index is 1.73. The minimum Gasteiger partial charge on any atom is -0.345 e. The summed E-state index contributed by atoms with van der Waals surface area (Å²) in [5.41, 5.74) is 1.79. The van der Waals surface area contributed by atoms with Gasteiger partial charge in [0.25, 0.3) is 5.91 Å². The van der Waals surface area contributed by atoms with Gasteiger partial charge in [-0.25, -0.2) is 18.4 Å². The van der Waals surface area contributed by atoms with E-state index in [0.717, 1.165) is 0 Å². The second-order valence-corrected chi connectivity index (χ2v) is 5.64. The normalized spacial score (nSPS) is 10.7. The van der Waals surface area contributed by atoms with Crippen LogP contribution in [0.2, 0.25) is 0 Å². The van der Waals surface area contributed by atoms with Crippen LogP contribution in [0.15, 0.2) is 42.5 Å². The van der Waals surface area contributed by atoms with E-state index in [1.54, 1.807) is 38.1 Å². The molecule has 0 spiro atoms. The SMILES string of the molecule is Cc1ccc(CNC(=O)c2nc(C)n(-c3ccc(F)cc3)n2)cc1F. The van der Waals surface area contributed by atoms with E-state index in [1.807, 2.05) is 0 Å². The predicted octanol–water partition coefficient (Wildman–Crippen LogP) is 3.09. The molecule has 0 saturated heterocycles. The van der Waals surface area contributed by atoms with Gasteiger partial charge in [0.05, 0.1) is 5.69 Å². The van der Waals surface area contributed by atoms with E-state index >= 15 is 0 Å². The Kier molecular flexibility index (Phi) is 4.56. The molecule has 1 aromatic heterocycles. The lowest BCUT2D eigenvalue weighted by molar-refractivity contribution is 0.0940. The van der Waals surface area contributed by atoms with Gasteiger partial charge in [-0.3, -0.25) is 4.79 Å². The van der Waals surface area contributed by atoms with Gasteiger partial charge in [0.1, 0.15) is 17.5 Å². The number of hydrogen-bond donors (Lipinski definition) is 1. The van der Waals surface area contributed by atoms with Crippen LogP contribution in [0.1, 0.15) is 27.6 Å². The number of carbonyl (C=O) groups is 1. The van der Waals surface area contributed by atoms with Crippen molar-refractivity contribution in [2.75, 3.05) is 0 Å². The molecule has 0 aliphatic carbocycles. The van der Waals surface area contributed by atoms with Crippen LogP contribution >= 0.6 is 0 Å². The number of rotatable bonds is 4. The lowest BCUT2D eigenvalue weighted by atomic mass is 10.1. The first kappa shape index (κ1) is 16.8. The van der Waals surface area contributed by atoms with Crippen molar-refractivity contribution < 1.29 is 13.6 Å². The van der Waals surface area contributed by atoms with Crippen LogP contribution in [0.25, 0.3) is 5.69 Å². The van der Waals surface area contributed by atoms with Crippen molar-refractivity contribution in [3.63, 3.8) is 0 Å². The average Bonchev–Trinajstić information content (AvgIpc) is 2.98. The first-order valence-corrected chi connectivity index (χ1v) is 7.67. The van der Waals surface area contributed by atoms with Crippen molar-refractivity contribution >= 4 is 5.91 Å². The van der Waals surface area contributed by atoms with E-state index in [0.29, 0.717) is 22.6 Å². The van der Waals surface area contributed by atoms with Gasteiger partial charge in [-0.15, -0.1) is 5.10 Å². The maximum atomic E-state index is 13.5. The minimum absolute atomic E-state index is 0.00518. The third-order valence-corrected chi connectivity index (χ3v) is 3.73. The third-order valence-electron chi connectivity index (χ3n) is 3.73. The molecule has 1 heterocycles. The molecule has 5 nitrogen and oxygen atoms in total. The molecule has 0 radical (unpaired) electrons. The summed E-state index contributed by atoms with van der Waals surface area (Å²) in [7, 11) is 0. The molecule has 0 unspecified atom stereocenters. The number of carbonyl (C=O) groups excluding carboxylic acids is 1. The van der Waals surface area contributed by atoms with Crippen molar-refractivity contribution in [1.29, 1.82) is 0 Å². The summed E-state index contributed by atoms with van der Waals surface area (Å²) in [5.74, 6) is -0.649. The molecule has 7 heteroatoms. The van der Waals surface area contributed by atoms with Crippen LogP contribution in [-0.4, -0.2) is 20.7 Å². The van der Waals surface area contributed by atoms with E-state index in [9.17, 15) is 13.6 Å². The molecule has 0 aliphatic heterocycles. The Labute approximate surface area is 143 Å². The predicted molar refractivity (Wildman–Crippen MR) is 88.4 cm³/mol. The zero-order chi connectivity index (χ0) is 18.0. The van der Waals surface area contributed by atoms with Gasteiger partial charge in [-0.05, 0) is 55.3 Å². The number of aromatic nitrogens is 3. The summed E-state index contributed by atoms with van der Waals surface area (Å²) in [5, 5.41) is 6.81. The van der Waals surface area contributed by atoms with Crippen molar-refractivity contribution in [1.82, 2.24) is 20.1 Å². The van der Waals surface area contributed by atoms with E-state index in [-0.39, 0.29) is 24.0 Å². The second-order valence-electron chi connectivity index (χ2n) is 5.64. The fourth-order valence-electron chi connectivity index (χ4n) is 2.32. The van der Waals surface area contributed by atoms with Crippen molar-refractivity contribution in [2.24, 2.45) is 0 Å². The number of hydrogen-bond acceptors (Lipinski definition) is 3. The average molecular weight is 342 g/mol. The molecule has 1 N–H and O–H groups in total. The van der Waals surface area contributed by atoms with Gasteiger partial charge in [0.2, 0.25) is 5.82 Å². The molecule has 0 aliphatic rings. The summed E-state index contributed by atoms with van der Waals surface area (Å²) in [6.07, 6.45) is 0. The highest BCUT2D eigenvalue weighted by atomic mass is 19.1. The van der Waals surface area contributed by atoms with Crippen LogP contribution in [0, 0.1) is 25.5 Å². The highest BCUT2D eigenvalue weighted by Crippen LogP contribution is 2.11.